The lowest BCUT2D eigenvalue weighted by atomic mass is 10.1. The van der Waals surface area contributed by atoms with Crippen LogP contribution < -0.4 is 49.9 Å². The van der Waals surface area contributed by atoms with E-state index in [1.54, 1.807) is 181 Å². The minimum absolute atomic E-state index is 0.0345. The van der Waals surface area contributed by atoms with Crippen LogP contribution in [0.3, 0.4) is 0 Å². The average molecular weight is 2270 g/mol. The second-order valence-electron chi connectivity index (χ2n) is 32.2. The van der Waals surface area contributed by atoms with Crippen molar-refractivity contribution in [3.63, 3.8) is 0 Å². The zero-order valence-corrected chi connectivity index (χ0v) is 87.5. The second kappa shape index (κ2) is 49.9. The quantitative estimate of drug-likeness (QED) is 0.0216. The number of carbonyl (C=O) groups excluding carboxylic acids is 5. The number of thioether (sulfide) groups is 3. The van der Waals surface area contributed by atoms with E-state index in [9.17, 15) is 66.9 Å². The van der Waals surface area contributed by atoms with E-state index in [4.69, 9.17) is 62.1 Å². The molecule has 14 aromatic rings. The lowest BCUT2D eigenvalue weighted by molar-refractivity contribution is -0.140. The number of nitrogens with one attached hydrogen (secondary N) is 3. The lowest BCUT2D eigenvalue weighted by Gasteiger charge is -2.21. The number of aromatic nitrogens is 1. The number of aromatic carboxylic acids is 1. The Hall–Kier alpha value is -16.3. The number of benzene rings is 12. The second-order valence-corrected chi connectivity index (χ2v) is 40.6. The minimum Gasteiger partial charge on any atom is -0.507 e. The fraction of sp³-hybridized carbons (Fsp3) is 0.0727. The number of rotatable bonds is 27. The van der Waals surface area contributed by atoms with E-state index in [0.29, 0.717) is 119 Å². The number of ether oxygens (including phenoxy) is 3. The number of nitrogens with zero attached hydrogens (tertiary/aromatic N) is 7. The van der Waals surface area contributed by atoms with Crippen LogP contribution >= 0.6 is 102 Å². The summed E-state index contributed by atoms with van der Waals surface area (Å²) in [5.41, 5.74) is 10.8. The zero-order valence-electron chi connectivity index (χ0n) is 78.7. The topological polar surface area (TPSA) is 455 Å². The molecular formula is C110H82Br2Cl2N10O21S5. The van der Waals surface area contributed by atoms with Crippen LogP contribution in [0.1, 0.15) is 73.8 Å². The van der Waals surface area contributed by atoms with Crippen molar-refractivity contribution in [1.82, 2.24) is 15.6 Å². The molecule has 0 spiro atoms. The largest absolute Gasteiger partial charge is 0.507 e. The number of carboxylic acid groups (broad SMARTS) is 4. The number of thiazole rings is 1. The molecule has 9 N–H and O–H groups in total. The molecule has 12 aromatic carbocycles. The van der Waals surface area contributed by atoms with E-state index in [0.717, 1.165) is 66.9 Å². The number of amidine groups is 3. The first-order valence-corrected chi connectivity index (χ1v) is 52.1. The predicted octanol–water partition coefficient (Wildman–Crippen LogP) is 22.1. The van der Waals surface area contributed by atoms with Crippen LogP contribution in [0.5, 0.6) is 28.9 Å². The van der Waals surface area contributed by atoms with E-state index < -0.39 is 65.5 Å². The molecule has 150 heavy (non-hydrogen) atoms. The fourth-order valence-corrected chi connectivity index (χ4v) is 20.2. The Balaban J connectivity index is 0.000000141. The summed E-state index contributed by atoms with van der Waals surface area (Å²) in [5.74, 6) is -4.66. The standard InChI is InChI=1S/C28H18ClNO5.C28H26N2O4S.C18H12BrClN2O4S.C18H13BrN2O4S.C18H13N3O4S2/c29-20-8-4-7-18(13-20)26-12-10-22(35-26)14-19-15-24(17-5-2-1-3-6-17)30(27(19)32)21-9-11-25(31)23(16-21)28(33)34;1-3-19-9-13-22(14-10-19)29-28-30(23-15-11-20(4-2)12-16-23)27(33)25(35-28)17-21-7-5-6-8-24(21)34-18-26(31)32;19-11-1-6-14(26-9-16(23)24)10(7-11)8-15-17(25)22-18(27-15)21-13-4-2-12(20)3-5-13;19-12-5-7-13(8-6-12)20-18-21-17(24)15(26-18)9-11-3-1-2-4-14(11)25-10-16(22)23;1-10-6-8-11(9-7-10)27(24,25)21-18-20-17(23)15(26-18)14-12-4-2-3-5-13(12)19-16(14)22/h1-16,31H,(H,33,34);5-17H,3-4,18H2,1-2H3,(H,31,32);1-8H,9H2,(H,23,24)(H,21,22,25);1-9H,10H2,(H,22,23)(H,20,21,24);2-9,23H,1H3,(H,20,21)/b19-14-;25-17-,29-28?;15-8-;15-9-;. The van der Waals surface area contributed by atoms with Gasteiger partial charge in [-0.2, -0.15) is 4.98 Å². The van der Waals surface area contributed by atoms with E-state index in [2.05, 4.69) is 81.0 Å². The first-order chi connectivity index (χ1) is 72.1. The van der Waals surface area contributed by atoms with Gasteiger partial charge in [0, 0.05) is 52.0 Å². The molecule has 0 atom stereocenters. The summed E-state index contributed by atoms with van der Waals surface area (Å²) in [6.45, 7) is 4.66. The van der Waals surface area contributed by atoms with E-state index in [1.165, 1.54) is 81.6 Å². The Morgan fingerprint density at radius 3 is 1.63 bits per heavy atom. The molecule has 7 heterocycles. The smallest absolute Gasteiger partial charge is 0.341 e. The lowest BCUT2D eigenvalue weighted by Crippen LogP contribution is -2.28. The number of amides is 5. The van der Waals surface area contributed by atoms with Crippen LogP contribution in [0, 0.1) is 6.92 Å². The number of furan rings is 1. The van der Waals surface area contributed by atoms with Gasteiger partial charge in [0.2, 0.25) is 11.0 Å². The van der Waals surface area contributed by atoms with E-state index in [-0.39, 0.29) is 55.4 Å². The maximum absolute atomic E-state index is 13.6. The van der Waals surface area contributed by atoms with Crippen LogP contribution in [-0.2, 0) is 61.2 Å². The highest BCUT2D eigenvalue weighted by atomic mass is 79.9. The maximum atomic E-state index is 13.6. The van der Waals surface area contributed by atoms with Crippen LogP contribution in [0.15, 0.2) is 362 Å². The molecule has 0 saturated carbocycles. The number of aliphatic carboxylic acids is 3. The number of carbonyl (C=O) groups is 9. The van der Waals surface area contributed by atoms with Crippen molar-refractivity contribution in [2.24, 2.45) is 20.0 Å². The van der Waals surface area contributed by atoms with Crippen molar-refractivity contribution in [3.8, 4) is 40.2 Å². The van der Waals surface area contributed by atoms with Crippen LogP contribution in [0.25, 0.3) is 46.9 Å². The molecule has 0 unspecified atom stereocenters. The molecule has 3 saturated heterocycles. The molecule has 31 nitrogen and oxygen atoms in total. The Morgan fingerprint density at radius 2 is 1.03 bits per heavy atom. The summed E-state index contributed by atoms with van der Waals surface area (Å²) in [6, 6.07) is 86.7. The summed E-state index contributed by atoms with van der Waals surface area (Å²) in [6.07, 6.45) is 10.2. The number of halogens is 4. The van der Waals surface area contributed by atoms with Gasteiger partial charge in [0.15, 0.2) is 35.3 Å². The van der Waals surface area contributed by atoms with Crippen molar-refractivity contribution < 1.29 is 101 Å². The highest BCUT2D eigenvalue weighted by Crippen LogP contribution is 2.43. The number of fused-ring (bicyclic) bond motifs is 1. The fourth-order valence-electron chi connectivity index (χ4n) is 14.5. The summed E-state index contributed by atoms with van der Waals surface area (Å²) < 4.78 is 51.0. The Bertz CT molecular complexity index is 8150. The van der Waals surface area contributed by atoms with E-state index >= 15 is 0 Å². The molecule has 5 aliphatic rings. The summed E-state index contributed by atoms with van der Waals surface area (Å²) >= 11 is 23.2. The molecule has 2 aromatic heterocycles. The summed E-state index contributed by atoms with van der Waals surface area (Å²) in [7, 11) is -3.86. The molecular weight excluding hydrogens is 2190 g/mol. The molecule has 0 aliphatic carbocycles. The summed E-state index contributed by atoms with van der Waals surface area (Å²) in [4.78, 5) is 134. The molecule has 19 rings (SSSR count). The number of hydrogen-bond acceptors (Lipinski definition) is 25. The molecule has 0 radical (unpaired) electrons. The Morgan fingerprint density at radius 1 is 0.507 bits per heavy atom. The van der Waals surface area contributed by atoms with Gasteiger partial charge in [0.25, 0.3) is 39.6 Å². The third kappa shape index (κ3) is 28.4. The zero-order chi connectivity index (χ0) is 106. The average Bonchev–Trinajstić information content (AvgIpc) is 1.62. The van der Waals surface area contributed by atoms with Gasteiger partial charge in [-0.15, -0.1) is 0 Å². The molecule has 756 valence electrons. The van der Waals surface area contributed by atoms with Crippen molar-refractivity contribution >= 4 is 250 Å². The van der Waals surface area contributed by atoms with Gasteiger partial charge in [-0.05, 0) is 266 Å². The van der Waals surface area contributed by atoms with Crippen molar-refractivity contribution in [2.45, 2.75) is 38.5 Å². The van der Waals surface area contributed by atoms with Crippen molar-refractivity contribution in [3.05, 3.63) is 408 Å². The van der Waals surface area contributed by atoms with Crippen LogP contribution in [0.4, 0.5) is 33.6 Å². The number of aromatic hydroxyl groups is 2. The van der Waals surface area contributed by atoms with Crippen LogP contribution in [-0.4, -0.2) is 133 Å². The van der Waals surface area contributed by atoms with Gasteiger partial charge in [0.1, 0.15) is 45.0 Å². The highest BCUT2D eigenvalue weighted by Gasteiger charge is 2.37. The Labute approximate surface area is 900 Å². The first-order valence-electron chi connectivity index (χ1n) is 45.1. The van der Waals surface area contributed by atoms with Gasteiger partial charge in [-0.3, -0.25) is 38.5 Å². The van der Waals surface area contributed by atoms with Gasteiger partial charge >= 0.3 is 23.9 Å². The number of anilines is 3. The van der Waals surface area contributed by atoms with Crippen LogP contribution in [0.2, 0.25) is 10.0 Å². The molecule has 40 heteroatoms. The van der Waals surface area contributed by atoms with Gasteiger partial charge in [-0.1, -0.05) is 219 Å². The predicted molar refractivity (Wildman–Crippen MR) is 590 cm³/mol. The van der Waals surface area contributed by atoms with Crippen molar-refractivity contribution in [2.75, 3.05) is 34.3 Å². The monoisotopic (exact) mass is 2270 g/mol. The minimum atomic E-state index is -3.86. The number of sulfonamides is 1. The summed E-state index contributed by atoms with van der Waals surface area (Å²) in [5, 5.41) is 65.2. The molecule has 3 fully saturated rings. The third-order valence-corrected chi connectivity index (χ3v) is 28.4. The number of hydrogen-bond donors (Lipinski definition) is 9. The molecule has 5 amide bonds. The van der Waals surface area contributed by atoms with Gasteiger partial charge < -0.3 is 59.9 Å². The van der Waals surface area contributed by atoms with Gasteiger partial charge in [-0.25, -0.2) is 47.6 Å². The maximum Gasteiger partial charge on any atom is 0.341 e. The molecule has 5 aliphatic heterocycles. The first kappa shape index (κ1) is 108. The number of carboxylic acids is 4. The van der Waals surface area contributed by atoms with Gasteiger partial charge in [0.05, 0.1) is 64.7 Å². The normalized spacial score (nSPS) is 15.3. The number of aliphatic imine (C=N–C) groups is 3. The van der Waals surface area contributed by atoms with Crippen molar-refractivity contribution in [1.29, 1.82) is 0 Å². The Kier molecular flexibility index (Phi) is 35.9. The number of aryl methyl sites for hydroxylation is 3. The van der Waals surface area contributed by atoms with E-state index in [1.807, 2.05) is 128 Å². The SMILES string of the molecule is CCc1ccc(N=C2S/C(=C\c3ccccc3OCC(=O)O)C(=O)N2c2ccc(CC)cc2)cc1.Cc1ccc(S(=O)(=O)Nc2nc(O)c(C3=c4ccccc4=NC3=O)s2)cc1.O=C(O)COc1ccc(Br)cc1/C=C1\SC(=Nc2ccc(Cl)cc2)NC1=O.O=C(O)COc1ccccc1/C=C1\SC(=Nc2ccc(Br)cc2)NC1=O.O=C(O)c1cc(N2C(=O)/C(=C\c3ccc(-c4cccc(Cl)c4)o3)C=C2c2ccccc2)ccc1O. The highest BCUT2D eigenvalue weighted by molar-refractivity contribution is 9.10. The molecule has 0 bridgehead atoms. The number of phenols is 1. The number of para-hydroxylation sites is 3. The third-order valence-electron chi connectivity index (χ3n) is 21.7.